The molecule has 7 heteroatoms. The van der Waals surface area contributed by atoms with Gasteiger partial charge >= 0.3 is 0 Å². The van der Waals surface area contributed by atoms with Gasteiger partial charge in [0.25, 0.3) is 0 Å². The fourth-order valence-corrected chi connectivity index (χ4v) is 6.42. The monoisotopic (exact) mass is 407 g/mol. The van der Waals surface area contributed by atoms with E-state index in [9.17, 15) is 16.8 Å². The molecule has 0 unspecified atom stereocenters. The first kappa shape index (κ1) is 20.0. The highest BCUT2D eigenvalue weighted by Crippen LogP contribution is 2.38. The van der Waals surface area contributed by atoms with Gasteiger partial charge in [-0.05, 0) is 56.0 Å². The fraction of sp³-hybridized carbons (Fsp3) is 0.400. The van der Waals surface area contributed by atoms with E-state index < -0.39 is 19.9 Å². The van der Waals surface area contributed by atoms with Crippen LogP contribution in [0.1, 0.15) is 44.7 Å². The lowest BCUT2D eigenvalue weighted by Crippen LogP contribution is -2.44. The van der Waals surface area contributed by atoms with E-state index in [4.69, 9.17) is 0 Å². The maximum Gasteiger partial charge on any atom is 0.243 e. The van der Waals surface area contributed by atoms with Crippen molar-refractivity contribution < 1.29 is 16.8 Å². The summed E-state index contributed by atoms with van der Waals surface area (Å²) in [4.78, 5) is 0.280. The Kier molecular flexibility index (Phi) is 5.74. The Labute approximate surface area is 162 Å². The molecule has 2 aromatic rings. The minimum absolute atomic E-state index is 0.0155. The number of piperidine rings is 1. The number of nitrogens with zero attached hydrogens (tertiary/aromatic N) is 1. The molecular formula is C20H25NO4S2. The van der Waals surface area contributed by atoms with Crippen LogP contribution in [-0.2, 0) is 19.9 Å². The van der Waals surface area contributed by atoms with Gasteiger partial charge in [0.1, 0.15) is 0 Å². The lowest BCUT2D eigenvalue weighted by molar-refractivity contribution is 0.193. The minimum atomic E-state index is -3.74. The zero-order valence-corrected chi connectivity index (χ0v) is 17.2. The maximum atomic E-state index is 13.4. The molecule has 1 aliphatic heterocycles. The van der Waals surface area contributed by atoms with Crippen LogP contribution in [-0.4, -0.2) is 32.9 Å². The van der Waals surface area contributed by atoms with Crippen LogP contribution in [0.25, 0.3) is 0 Å². The molecule has 5 nitrogen and oxygen atoms in total. The largest absolute Gasteiger partial charge is 0.243 e. The van der Waals surface area contributed by atoms with Crippen molar-refractivity contribution in [2.45, 2.75) is 55.0 Å². The number of sulfonamides is 1. The zero-order chi connectivity index (χ0) is 19.7. The molecule has 2 atom stereocenters. The summed E-state index contributed by atoms with van der Waals surface area (Å²) >= 11 is 0. The maximum absolute atomic E-state index is 13.4. The molecule has 146 valence electrons. The summed E-state index contributed by atoms with van der Waals surface area (Å²) < 4.78 is 52.4. The first-order valence-corrected chi connectivity index (χ1v) is 12.3. The van der Waals surface area contributed by atoms with Gasteiger partial charge < -0.3 is 0 Å². The molecule has 0 radical (unpaired) electrons. The van der Waals surface area contributed by atoms with Crippen molar-refractivity contribution in [1.82, 2.24) is 4.31 Å². The molecule has 0 amide bonds. The van der Waals surface area contributed by atoms with Crippen LogP contribution in [0.2, 0.25) is 0 Å². The smallest absolute Gasteiger partial charge is 0.224 e. The van der Waals surface area contributed by atoms with Crippen molar-refractivity contribution in [2.75, 3.05) is 5.75 Å². The highest BCUT2D eigenvalue weighted by atomic mass is 32.2. The van der Waals surface area contributed by atoms with Crippen LogP contribution in [0.15, 0.2) is 64.4 Å². The summed E-state index contributed by atoms with van der Waals surface area (Å²) in [6.07, 6.45) is 2.56. The molecule has 0 bridgehead atoms. The van der Waals surface area contributed by atoms with Gasteiger partial charge in [-0.15, -0.1) is 0 Å². The first-order chi connectivity index (χ1) is 12.8. The standard InChI is InChI=1S/C20H25NO4S2/c1-3-26(22,23)18-12-14-19(15-13-18)27(24,25)21-16(2)8-7-11-20(21)17-9-5-4-6-10-17/h4-6,9-10,12-16,20H,3,7-8,11H2,1-2H3/t16-,20-/m0/s1. The second-order valence-electron chi connectivity index (χ2n) is 6.92. The van der Waals surface area contributed by atoms with Crippen molar-refractivity contribution >= 4 is 19.9 Å². The summed E-state index contributed by atoms with van der Waals surface area (Å²) in [7, 11) is -7.10. The van der Waals surface area contributed by atoms with Crippen LogP contribution in [0, 0.1) is 0 Å². The Morgan fingerprint density at radius 1 is 0.889 bits per heavy atom. The van der Waals surface area contributed by atoms with E-state index in [1.54, 1.807) is 11.2 Å². The third-order valence-corrected chi connectivity index (χ3v) is 8.95. The second-order valence-corrected chi connectivity index (χ2v) is 11.0. The van der Waals surface area contributed by atoms with Crippen molar-refractivity contribution in [1.29, 1.82) is 0 Å². The summed E-state index contributed by atoms with van der Waals surface area (Å²) in [6.45, 7) is 3.50. The summed E-state index contributed by atoms with van der Waals surface area (Å²) in [5.41, 5.74) is 0.984. The molecule has 1 saturated heterocycles. The van der Waals surface area contributed by atoms with Crippen LogP contribution < -0.4 is 0 Å². The molecule has 2 aromatic carbocycles. The van der Waals surface area contributed by atoms with E-state index >= 15 is 0 Å². The van der Waals surface area contributed by atoms with Gasteiger partial charge in [-0.1, -0.05) is 37.3 Å². The van der Waals surface area contributed by atoms with Crippen LogP contribution >= 0.6 is 0 Å². The second kappa shape index (κ2) is 7.73. The molecule has 0 saturated carbocycles. The molecule has 3 rings (SSSR count). The zero-order valence-electron chi connectivity index (χ0n) is 15.6. The Bertz CT molecular complexity index is 984. The third-order valence-electron chi connectivity index (χ3n) is 5.16. The van der Waals surface area contributed by atoms with Gasteiger partial charge in [-0.3, -0.25) is 0 Å². The van der Waals surface area contributed by atoms with E-state index in [0.29, 0.717) is 0 Å². The SMILES string of the molecule is CCS(=O)(=O)c1ccc(S(=O)(=O)N2[C@@H](C)CCC[C@H]2c2ccccc2)cc1. The van der Waals surface area contributed by atoms with Gasteiger partial charge in [-0.2, -0.15) is 4.31 Å². The predicted octanol–water partition coefficient (Wildman–Crippen LogP) is 3.78. The molecule has 1 aliphatic rings. The molecule has 27 heavy (non-hydrogen) atoms. The molecule has 1 fully saturated rings. The Morgan fingerprint density at radius 3 is 2.07 bits per heavy atom. The van der Waals surface area contributed by atoms with E-state index in [0.717, 1.165) is 24.8 Å². The summed E-state index contributed by atoms with van der Waals surface area (Å²) in [5.74, 6) is -0.0155. The number of hydrogen-bond donors (Lipinski definition) is 0. The Hall–Kier alpha value is -1.70. The Morgan fingerprint density at radius 2 is 1.48 bits per heavy atom. The van der Waals surface area contributed by atoms with Gasteiger partial charge in [0.2, 0.25) is 10.0 Å². The van der Waals surface area contributed by atoms with Crippen molar-refractivity contribution in [3.05, 3.63) is 60.2 Å². The van der Waals surface area contributed by atoms with Crippen molar-refractivity contribution in [2.24, 2.45) is 0 Å². The van der Waals surface area contributed by atoms with E-state index in [1.165, 1.54) is 24.3 Å². The van der Waals surface area contributed by atoms with E-state index in [1.807, 2.05) is 37.3 Å². The lowest BCUT2D eigenvalue weighted by Gasteiger charge is -2.39. The highest BCUT2D eigenvalue weighted by Gasteiger charge is 2.38. The normalized spacial score (nSPS) is 21.9. The average molecular weight is 408 g/mol. The van der Waals surface area contributed by atoms with Crippen molar-refractivity contribution in [3.63, 3.8) is 0 Å². The molecule has 0 N–H and O–H groups in total. The summed E-state index contributed by atoms with van der Waals surface area (Å²) in [6, 6.07) is 14.9. The van der Waals surface area contributed by atoms with Gasteiger partial charge in [0.15, 0.2) is 9.84 Å². The number of sulfone groups is 1. The third kappa shape index (κ3) is 3.95. The minimum Gasteiger partial charge on any atom is -0.224 e. The number of hydrogen-bond acceptors (Lipinski definition) is 4. The quantitative estimate of drug-likeness (QED) is 0.756. The molecular weight excluding hydrogens is 382 g/mol. The van der Waals surface area contributed by atoms with Crippen LogP contribution in [0.4, 0.5) is 0 Å². The van der Waals surface area contributed by atoms with Gasteiger partial charge in [-0.25, -0.2) is 16.8 Å². The van der Waals surface area contributed by atoms with Crippen LogP contribution in [0.3, 0.4) is 0 Å². The van der Waals surface area contributed by atoms with E-state index in [2.05, 4.69) is 0 Å². The average Bonchev–Trinajstić information content (AvgIpc) is 2.68. The fourth-order valence-electron chi connectivity index (χ4n) is 3.67. The highest BCUT2D eigenvalue weighted by molar-refractivity contribution is 7.91. The summed E-state index contributed by atoms with van der Waals surface area (Å²) in [5, 5.41) is 0. The topological polar surface area (TPSA) is 71.5 Å². The molecule has 0 spiro atoms. The first-order valence-electron chi connectivity index (χ1n) is 9.18. The molecule has 1 heterocycles. The van der Waals surface area contributed by atoms with Crippen LogP contribution in [0.5, 0.6) is 0 Å². The van der Waals surface area contributed by atoms with E-state index in [-0.39, 0.29) is 27.6 Å². The molecule has 0 aromatic heterocycles. The Balaban J connectivity index is 2.01. The lowest BCUT2D eigenvalue weighted by atomic mass is 9.94. The molecule has 0 aliphatic carbocycles. The van der Waals surface area contributed by atoms with Gasteiger partial charge in [0.05, 0.1) is 21.6 Å². The number of rotatable bonds is 5. The number of benzene rings is 2. The van der Waals surface area contributed by atoms with Crippen molar-refractivity contribution in [3.8, 4) is 0 Å². The van der Waals surface area contributed by atoms with Gasteiger partial charge in [0, 0.05) is 6.04 Å². The predicted molar refractivity (Wildman–Crippen MR) is 106 cm³/mol.